The number of ether oxygens (including phenoxy) is 4. The maximum atomic E-state index is 11.5. The maximum absolute atomic E-state index is 11.5. The summed E-state index contributed by atoms with van der Waals surface area (Å²) < 4.78 is 20.3. The molecule has 2 N–H and O–H groups in total. The lowest BCUT2D eigenvalue weighted by atomic mass is 10.1. The van der Waals surface area contributed by atoms with Crippen LogP contribution in [0.1, 0.15) is 6.42 Å². The Morgan fingerprint density at radius 1 is 1.29 bits per heavy atom. The number of rotatable bonds is 8. The van der Waals surface area contributed by atoms with Crippen molar-refractivity contribution in [3.8, 4) is 0 Å². The van der Waals surface area contributed by atoms with Gasteiger partial charge in [-0.25, -0.2) is 0 Å². The third-order valence-corrected chi connectivity index (χ3v) is 2.54. The van der Waals surface area contributed by atoms with Gasteiger partial charge in [0.1, 0.15) is 6.61 Å². The van der Waals surface area contributed by atoms with Gasteiger partial charge in [0, 0.05) is 26.4 Å². The lowest BCUT2D eigenvalue weighted by Gasteiger charge is -2.12. The molecule has 100 valence electrons. The minimum Gasteiger partial charge on any atom is -0.463 e. The topological polar surface area (TPSA) is 80.0 Å². The van der Waals surface area contributed by atoms with Crippen molar-refractivity contribution in [1.82, 2.24) is 0 Å². The van der Waals surface area contributed by atoms with Crippen LogP contribution in [0.25, 0.3) is 0 Å². The highest BCUT2D eigenvalue weighted by molar-refractivity contribution is 5.73. The number of hydrogen-bond acceptors (Lipinski definition) is 6. The molecule has 1 aliphatic heterocycles. The maximum Gasteiger partial charge on any atom is 0.313 e. The first-order chi connectivity index (χ1) is 8.25. The standard InChI is InChI=1S/C11H21NO5/c1-14-3-2-4-15-5-6-17-11(13)9-7-16-8-10(9)12/h9-10H,2-8,12H2,1H3. The molecule has 1 fully saturated rings. The number of methoxy groups -OCH3 is 1. The summed E-state index contributed by atoms with van der Waals surface area (Å²) in [5.74, 6) is -0.626. The molecule has 0 saturated carbocycles. The minimum absolute atomic E-state index is 0.245. The smallest absolute Gasteiger partial charge is 0.313 e. The monoisotopic (exact) mass is 247 g/mol. The molecule has 0 aromatic rings. The molecule has 6 nitrogen and oxygen atoms in total. The normalized spacial score (nSPS) is 23.9. The average Bonchev–Trinajstić information content (AvgIpc) is 2.74. The first kappa shape index (κ1) is 14.4. The van der Waals surface area contributed by atoms with E-state index in [1.165, 1.54) is 0 Å². The van der Waals surface area contributed by atoms with Crippen LogP contribution in [0.3, 0.4) is 0 Å². The number of nitrogens with two attached hydrogens (primary N) is 1. The summed E-state index contributed by atoms with van der Waals surface area (Å²) in [6, 6.07) is -0.245. The van der Waals surface area contributed by atoms with Crippen LogP contribution >= 0.6 is 0 Å². The zero-order chi connectivity index (χ0) is 12.5. The Hall–Kier alpha value is -0.690. The minimum atomic E-state index is -0.330. The van der Waals surface area contributed by atoms with Gasteiger partial charge in [0.15, 0.2) is 0 Å². The fourth-order valence-electron chi connectivity index (χ4n) is 1.53. The predicted octanol–water partition coefficient (Wildman–Crippen LogP) is -0.444. The Balaban J connectivity index is 1.97. The highest BCUT2D eigenvalue weighted by Crippen LogP contribution is 2.13. The molecule has 2 unspecified atom stereocenters. The molecule has 6 heteroatoms. The van der Waals surface area contributed by atoms with Crippen molar-refractivity contribution >= 4 is 5.97 Å². The second kappa shape index (κ2) is 8.41. The molecule has 1 aliphatic rings. The van der Waals surface area contributed by atoms with E-state index in [1.807, 2.05) is 0 Å². The average molecular weight is 247 g/mol. The molecule has 0 aliphatic carbocycles. The summed E-state index contributed by atoms with van der Waals surface area (Å²) in [6.07, 6.45) is 0.839. The predicted molar refractivity (Wildman–Crippen MR) is 60.6 cm³/mol. The summed E-state index contributed by atoms with van der Waals surface area (Å²) in [5.41, 5.74) is 5.69. The van der Waals surface area contributed by atoms with E-state index < -0.39 is 0 Å². The summed E-state index contributed by atoms with van der Waals surface area (Å²) in [4.78, 5) is 11.5. The highest BCUT2D eigenvalue weighted by atomic mass is 16.6. The number of carbonyl (C=O) groups excluding carboxylic acids is 1. The van der Waals surface area contributed by atoms with Crippen molar-refractivity contribution in [2.45, 2.75) is 12.5 Å². The lowest BCUT2D eigenvalue weighted by Crippen LogP contribution is -2.35. The van der Waals surface area contributed by atoms with E-state index in [2.05, 4.69) is 0 Å². The molecule has 0 aromatic carbocycles. The van der Waals surface area contributed by atoms with Gasteiger partial charge in [-0.3, -0.25) is 4.79 Å². The number of carbonyl (C=O) groups is 1. The summed E-state index contributed by atoms with van der Waals surface area (Å²) in [7, 11) is 1.65. The first-order valence-electron chi connectivity index (χ1n) is 5.82. The van der Waals surface area contributed by atoms with Crippen LogP contribution in [0, 0.1) is 5.92 Å². The third-order valence-electron chi connectivity index (χ3n) is 2.54. The van der Waals surface area contributed by atoms with E-state index in [0.717, 1.165) is 6.42 Å². The van der Waals surface area contributed by atoms with Gasteiger partial charge < -0.3 is 24.7 Å². The number of hydrogen-bond donors (Lipinski definition) is 1. The third kappa shape index (κ3) is 5.45. The van der Waals surface area contributed by atoms with E-state index in [0.29, 0.717) is 33.0 Å². The SMILES string of the molecule is COCCCOCCOC(=O)C1COCC1N. The summed E-state index contributed by atoms with van der Waals surface area (Å²) in [5, 5.41) is 0. The second-order valence-electron chi connectivity index (χ2n) is 3.93. The Bertz CT molecular complexity index is 224. The molecule has 0 bridgehead atoms. The number of esters is 1. The van der Waals surface area contributed by atoms with Crippen molar-refractivity contribution < 1.29 is 23.7 Å². The highest BCUT2D eigenvalue weighted by Gasteiger charge is 2.32. The van der Waals surface area contributed by atoms with Crippen LogP contribution in [0.4, 0.5) is 0 Å². The first-order valence-corrected chi connectivity index (χ1v) is 5.82. The van der Waals surface area contributed by atoms with Crippen molar-refractivity contribution in [1.29, 1.82) is 0 Å². The molecule has 0 spiro atoms. The summed E-state index contributed by atoms with van der Waals surface area (Å²) >= 11 is 0. The van der Waals surface area contributed by atoms with Gasteiger partial charge in [0.05, 0.1) is 25.7 Å². The van der Waals surface area contributed by atoms with Crippen LogP contribution in [-0.4, -0.2) is 58.8 Å². The Labute approximate surface area is 101 Å². The van der Waals surface area contributed by atoms with Crippen molar-refractivity contribution in [2.75, 3.05) is 46.8 Å². The van der Waals surface area contributed by atoms with Crippen LogP contribution in [0.5, 0.6) is 0 Å². The van der Waals surface area contributed by atoms with Gasteiger partial charge in [0.25, 0.3) is 0 Å². The van der Waals surface area contributed by atoms with Crippen molar-refractivity contribution in [2.24, 2.45) is 11.7 Å². The van der Waals surface area contributed by atoms with Gasteiger partial charge in [-0.2, -0.15) is 0 Å². The Kier molecular flexibility index (Phi) is 7.11. The molecule has 1 saturated heterocycles. The van der Waals surface area contributed by atoms with Gasteiger partial charge in [-0.15, -0.1) is 0 Å². The molecule has 1 heterocycles. The van der Waals surface area contributed by atoms with Crippen LogP contribution in [0.15, 0.2) is 0 Å². The fraction of sp³-hybridized carbons (Fsp3) is 0.909. The molecular weight excluding hydrogens is 226 g/mol. The molecule has 0 amide bonds. The quantitative estimate of drug-likeness (QED) is 0.462. The van der Waals surface area contributed by atoms with Crippen LogP contribution in [0.2, 0.25) is 0 Å². The van der Waals surface area contributed by atoms with E-state index >= 15 is 0 Å². The van der Waals surface area contributed by atoms with Gasteiger partial charge >= 0.3 is 5.97 Å². The second-order valence-corrected chi connectivity index (χ2v) is 3.93. The lowest BCUT2D eigenvalue weighted by molar-refractivity contribution is -0.150. The fourth-order valence-corrected chi connectivity index (χ4v) is 1.53. The summed E-state index contributed by atoms with van der Waals surface area (Å²) in [6.45, 7) is 2.72. The zero-order valence-corrected chi connectivity index (χ0v) is 10.2. The van der Waals surface area contributed by atoms with Gasteiger partial charge in [-0.1, -0.05) is 0 Å². The molecule has 2 atom stereocenters. The molecule has 0 radical (unpaired) electrons. The van der Waals surface area contributed by atoms with E-state index in [-0.39, 0.29) is 24.5 Å². The van der Waals surface area contributed by atoms with Crippen molar-refractivity contribution in [3.05, 3.63) is 0 Å². The Morgan fingerprint density at radius 3 is 2.76 bits per heavy atom. The van der Waals surface area contributed by atoms with E-state index in [1.54, 1.807) is 7.11 Å². The molecule has 1 rings (SSSR count). The van der Waals surface area contributed by atoms with Crippen LogP contribution in [-0.2, 0) is 23.7 Å². The van der Waals surface area contributed by atoms with E-state index in [4.69, 9.17) is 24.7 Å². The van der Waals surface area contributed by atoms with Crippen molar-refractivity contribution in [3.63, 3.8) is 0 Å². The van der Waals surface area contributed by atoms with Gasteiger partial charge in [0.2, 0.25) is 0 Å². The zero-order valence-electron chi connectivity index (χ0n) is 10.2. The largest absolute Gasteiger partial charge is 0.463 e. The van der Waals surface area contributed by atoms with Gasteiger partial charge in [-0.05, 0) is 6.42 Å². The Morgan fingerprint density at radius 2 is 2.12 bits per heavy atom. The van der Waals surface area contributed by atoms with E-state index in [9.17, 15) is 4.79 Å². The molecule has 17 heavy (non-hydrogen) atoms. The van der Waals surface area contributed by atoms with Crippen LogP contribution < -0.4 is 5.73 Å². The molecular formula is C11H21NO5. The molecule has 0 aromatic heterocycles.